The van der Waals surface area contributed by atoms with Crippen LogP contribution in [-0.4, -0.2) is 16.8 Å². The molecule has 80 valence electrons. The molecule has 0 aliphatic heterocycles. The fourth-order valence-electron chi connectivity index (χ4n) is 1.59. The van der Waals surface area contributed by atoms with Crippen LogP contribution in [0.1, 0.15) is 32.1 Å². The number of carbonyl (C=O) groups excluding carboxylic acids is 2. The maximum atomic E-state index is 11.1. The summed E-state index contributed by atoms with van der Waals surface area (Å²) in [6.07, 6.45) is 2.99. The number of alkyl halides is 2. The molecule has 0 aromatic heterocycles. The Bertz CT molecular complexity index is 218. The summed E-state index contributed by atoms with van der Waals surface area (Å²) in [4.78, 5) is 22.0. The largest absolute Gasteiger partial charge is 0.431 e. The van der Waals surface area contributed by atoms with Crippen molar-refractivity contribution in [3.8, 4) is 0 Å². The predicted octanol–water partition coefficient (Wildman–Crippen LogP) is 2.44. The molecule has 0 radical (unpaired) electrons. The van der Waals surface area contributed by atoms with Crippen molar-refractivity contribution in [3.05, 3.63) is 0 Å². The summed E-state index contributed by atoms with van der Waals surface area (Å²) in [7, 11) is 0. The second-order valence-electron chi connectivity index (χ2n) is 3.44. The average Bonchev–Trinajstić information content (AvgIpc) is 2.07. The summed E-state index contributed by atoms with van der Waals surface area (Å²) in [6, 6.07) is 0. The molecule has 0 heterocycles. The van der Waals surface area contributed by atoms with E-state index in [1.165, 1.54) is 0 Å². The Labute approximate surface area is 92.7 Å². The van der Waals surface area contributed by atoms with Gasteiger partial charge in [0.15, 0.2) is 0 Å². The van der Waals surface area contributed by atoms with Crippen molar-refractivity contribution in [2.75, 3.05) is 0 Å². The van der Waals surface area contributed by atoms with Crippen LogP contribution in [0.4, 0.5) is 0 Å². The maximum Gasteiger partial charge on any atom is 0.308 e. The van der Waals surface area contributed by atoms with Gasteiger partial charge in [-0.1, -0.05) is 23.2 Å². The molecule has 0 saturated heterocycles. The molecule has 0 atom stereocenters. The van der Waals surface area contributed by atoms with Gasteiger partial charge in [-0.15, -0.1) is 0 Å². The van der Waals surface area contributed by atoms with Gasteiger partial charge in [0.25, 0.3) is 5.02 Å². The molecule has 0 amide bonds. The second-order valence-corrected chi connectivity index (χ2v) is 4.45. The Balaban J connectivity index is 2.24. The van der Waals surface area contributed by atoms with Crippen LogP contribution in [0.3, 0.4) is 0 Å². The van der Waals surface area contributed by atoms with Crippen LogP contribution in [0.15, 0.2) is 0 Å². The van der Waals surface area contributed by atoms with Crippen LogP contribution in [0, 0.1) is 5.92 Å². The van der Waals surface area contributed by atoms with Crippen molar-refractivity contribution in [1.82, 2.24) is 0 Å². The molecule has 3 nitrogen and oxygen atoms in total. The molecule has 1 aliphatic carbocycles. The van der Waals surface area contributed by atoms with Gasteiger partial charge in [0.1, 0.15) is 5.78 Å². The van der Waals surface area contributed by atoms with Crippen LogP contribution >= 0.6 is 23.2 Å². The van der Waals surface area contributed by atoms with Crippen LogP contribution in [0.25, 0.3) is 0 Å². The zero-order chi connectivity index (χ0) is 10.6. The van der Waals surface area contributed by atoms with Crippen LogP contribution in [0.5, 0.6) is 0 Å². The Morgan fingerprint density at radius 2 is 2.00 bits per heavy atom. The number of hydrogen-bond donors (Lipinski definition) is 0. The van der Waals surface area contributed by atoms with Gasteiger partial charge in [-0.3, -0.25) is 9.59 Å². The summed E-state index contributed by atoms with van der Waals surface area (Å²) < 4.78 is 4.59. The molecule has 1 saturated carbocycles. The van der Waals surface area contributed by atoms with Gasteiger partial charge in [0, 0.05) is 19.3 Å². The minimum Gasteiger partial charge on any atom is -0.431 e. The van der Waals surface area contributed by atoms with Crippen LogP contribution in [-0.2, 0) is 14.3 Å². The van der Waals surface area contributed by atoms with Crippen molar-refractivity contribution < 1.29 is 14.3 Å². The zero-order valence-corrected chi connectivity index (χ0v) is 9.18. The van der Waals surface area contributed by atoms with E-state index in [2.05, 4.69) is 4.74 Å². The maximum absolute atomic E-state index is 11.1. The lowest BCUT2D eigenvalue weighted by Gasteiger charge is -2.19. The molecule has 0 unspecified atom stereocenters. The molecule has 1 rings (SSSR count). The van der Waals surface area contributed by atoms with E-state index in [9.17, 15) is 9.59 Å². The molecule has 0 aromatic carbocycles. The standard InChI is InChI=1S/C9H12Cl2O3/c10-9(11)14-8(13)5-6-1-3-7(12)4-2-6/h6,9H,1-5H2. The van der Waals surface area contributed by atoms with Gasteiger partial charge in [0.05, 0.1) is 0 Å². The van der Waals surface area contributed by atoms with E-state index in [1.807, 2.05) is 0 Å². The monoisotopic (exact) mass is 238 g/mol. The van der Waals surface area contributed by atoms with Crippen LogP contribution < -0.4 is 0 Å². The van der Waals surface area contributed by atoms with E-state index < -0.39 is 5.02 Å². The number of rotatable bonds is 3. The third kappa shape index (κ3) is 4.29. The minimum atomic E-state index is -1.09. The van der Waals surface area contributed by atoms with Gasteiger partial charge < -0.3 is 4.74 Å². The Morgan fingerprint density at radius 3 is 2.50 bits per heavy atom. The highest BCUT2D eigenvalue weighted by Gasteiger charge is 2.22. The smallest absolute Gasteiger partial charge is 0.308 e. The van der Waals surface area contributed by atoms with E-state index >= 15 is 0 Å². The number of esters is 1. The molecule has 14 heavy (non-hydrogen) atoms. The van der Waals surface area contributed by atoms with Crippen molar-refractivity contribution in [2.45, 2.75) is 37.1 Å². The first-order valence-electron chi connectivity index (χ1n) is 4.57. The molecule has 0 bridgehead atoms. The first-order valence-corrected chi connectivity index (χ1v) is 5.44. The number of ketones is 1. The Morgan fingerprint density at radius 1 is 1.43 bits per heavy atom. The lowest BCUT2D eigenvalue weighted by Crippen LogP contribution is -2.19. The Hall–Kier alpha value is -0.280. The van der Waals surface area contributed by atoms with Crippen LogP contribution in [0.2, 0.25) is 0 Å². The molecule has 0 N–H and O–H groups in total. The molecule has 0 aromatic rings. The fraction of sp³-hybridized carbons (Fsp3) is 0.778. The molecule has 5 heteroatoms. The number of hydrogen-bond acceptors (Lipinski definition) is 3. The summed E-state index contributed by atoms with van der Waals surface area (Å²) in [6.45, 7) is 0. The number of halogens is 2. The zero-order valence-electron chi connectivity index (χ0n) is 7.67. The van der Waals surface area contributed by atoms with E-state index in [1.54, 1.807) is 0 Å². The predicted molar refractivity (Wildman–Crippen MR) is 53.2 cm³/mol. The first-order chi connectivity index (χ1) is 6.58. The summed E-state index contributed by atoms with van der Waals surface area (Å²) in [5.41, 5.74) is 0. The number of Topliss-reactive ketones (excluding diaryl/α,β-unsaturated/α-hetero) is 1. The van der Waals surface area contributed by atoms with Crippen molar-refractivity contribution in [1.29, 1.82) is 0 Å². The van der Waals surface area contributed by atoms with E-state index in [0.29, 0.717) is 19.3 Å². The molecule has 1 aliphatic rings. The number of carbonyl (C=O) groups is 2. The summed E-state index contributed by atoms with van der Waals surface area (Å²) in [5, 5.41) is -1.09. The fourth-order valence-corrected chi connectivity index (χ4v) is 1.79. The van der Waals surface area contributed by atoms with Crippen molar-refractivity contribution >= 4 is 35.0 Å². The van der Waals surface area contributed by atoms with Gasteiger partial charge in [-0.2, -0.15) is 0 Å². The normalized spacial score (nSPS) is 18.6. The molecular weight excluding hydrogens is 227 g/mol. The van der Waals surface area contributed by atoms with E-state index in [4.69, 9.17) is 23.2 Å². The average molecular weight is 239 g/mol. The van der Waals surface area contributed by atoms with Crippen molar-refractivity contribution in [2.24, 2.45) is 5.92 Å². The SMILES string of the molecule is O=C1CCC(CC(=O)OC(Cl)Cl)CC1. The van der Waals surface area contributed by atoms with Gasteiger partial charge in [0.2, 0.25) is 0 Å². The second kappa shape index (κ2) is 5.56. The molecule has 1 fully saturated rings. The highest BCUT2D eigenvalue weighted by Crippen LogP contribution is 2.25. The summed E-state index contributed by atoms with van der Waals surface area (Å²) in [5.74, 6) is 0.133. The lowest BCUT2D eigenvalue weighted by atomic mass is 9.86. The quantitative estimate of drug-likeness (QED) is 0.561. The summed E-state index contributed by atoms with van der Waals surface area (Å²) >= 11 is 10.6. The highest BCUT2D eigenvalue weighted by atomic mass is 35.5. The van der Waals surface area contributed by atoms with E-state index in [0.717, 1.165) is 12.8 Å². The van der Waals surface area contributed by atoms with Gasteiger partial charge >= 0.3 is 5.97 Å². The van der Waals surface area contributed by atoms with Gasteiger partial charge in [-0.05, 0) is 18.8 Å². The molecular formula is C9H12Cl2O3. The van der Waals surface area contributed by atoms with E-state index in [-0.39, 0.29) is 17.7 Å². The Kier molecular flexibility index (Phi) is 4.69. The number of ether oxygens (including phenoxy) is 1. The van der Waals surface area contributed by atoms with Gasteiger partial charge in [-0.25, -0.2) is 0 Å². The lowest BCUT2D eigenvalue weighted by molar-refractivity contribution is -0.144. The highest BCUT2D eigenvalue weighted by molar-refractivity contribution is 6.43. The third-order valence-electron chi connectivity index (χ3n) is 2.34. The minimum absolute atomic E-state index is 0.243. The topological polar surface area (TPSA) is 43.4 Å². The first kappa shape index (κ1) is 11.8. The van der Waals surface area contributed by atoms with Crippen molar-refractivity contribution in [3.63, 3.8) is 0 Å². The molecule has 0 spiro atoms. The third-order valence-corrected chi connectivity index (χ3v) is 2.52.